The number of nitrogens with zero attached hydrogens (tertiary/aromatic N) is 10. The lowest BCUT2D eigenvalue weighted by atomic mass is 10.00. The van der Waals surface area contributed by atoms with Gasteiger partial charge in [0.25, 0.3) is 5.91 Å². The van der Waals surface area contributed by atoms with Crippen molar-refractivity contribution in [2.24, 2.45) is 5.73 Å². The first kappa shape index (κ1) is 53.1. The van der Waals surface area contributed by atoms with E-state index in [-0.39, 0.29) is 23.8 Å². The van der Waals surface area contributed by atoms with E-state index in [1.54, 1.807) is 33.3 Å². The zero-order chi connectivity index (χ0) is 50.3. The Morgan fingerprint density at radius 1 is 0.662 bits per heavy atom. The number of pyridine rings is 2. The first-order valence-corrected chi connectivity index (χ1v) is 29.8. The van der Waals surface area contributed by atoms with Crippen LogP contribution in [0.5, 0.6) is 0 Å². The minimum absolute atomic E-state index is 0.00179. The lowest BCUT2D eigenvalue weighted by molar-refractivity contribution is 0.0690. The summed E-state index contributed by atoms with van der Waals surface area (Å²) in [4.78, 5) is 45.1. The molecule has 2 aromatic carbocycles. The molecule has 0 saturated heterocycles. The number of halogens is 2. The predicted octanol–water partition coefficient (Wildman–Crippen LogP) is 6.66. The smallest absolute Gasteiger partial charge is 0.356 e. The van der Waals surface area contributed by atoms with E-state index in [1.165, 1.54) is 28.5 Å². The summed E-state index contributed by atoms with van der Waals surface area (Å²) in [6.07, 6.45) is 11.0. The van der Waals surface area contributed by atoms with Gasteiger partial charge in [0.1, 0.15) is 17.0 Å². The van der Waals surface area contributed by atoms with Gasteiger partial charge in [-0.15, -0.1) is 0 Å². The van der Waals surface area contributed by atoms with Crippen molar-refractivity contribution in [3.63, 3.8) is 0 Å². The Morgan fingerprint density at radius 2 is 1.13 bits per heavy atom. The van der Waals surface area contributed by atoms with Crippen LogP contribution in [0.4, 0.5) is 0 Å². The quantitative estimate of drug-likeness (QED) is 0.0674. The number of carbonyl (C=O) groups excluding carboxylic acids is 1. The van der Waals surface area contributed by atoms with Gasteiger partial charge in [-0.3, -0.25) is 14.6 Å². The second-order valence-corrected chi connectivity index (χ2v) is 17.2. The van der Waals surface area contributed by atoms with Crippen molar-refractivity contribution in [1.82, 2.24) is 54.2 Å². The van der Waals surface area contributed by atoms with Crippen LogP contribution in [-0.2, 0) is 38.8 Å². The van der Waals surface area contributed by atoms with Crippen molar-refractivity contribution < 1.29 is 34.0 Å². The van der Waals surface area contributed by atoms with Gasteiger partial charge in [-0.25, -0.2) is 14.8 Å². The number of aliphatic hydroxyl groups is 2. The number of imidazole rings is 2. The highest BCUT2D eigenvalue weighted by molar-refractivity contribution is 15.0. The van der Waals surface area contributed by atoms with Crippen LogP contribution in [0, 0.1) is 0 Å². The molecule has 8 aromatic rings. The van der Waals surface area contributed by atoms with Crippen LogP contribution >= 0.6 is 37.2 Å². The number of benzene rings is 2. The molecule has 2 atom stereocenters. The monoisotopic (exact) mass is 1190 g/mol. The summed E-state index contributed by atoms with van der Waals surface area (Å²) < 4.78 is 13.8. The van der Waals surface area contributed by atoms with Gasteiger partial charge in [-0.05, 0) is 72.2 Å². The summed E-state index contributed by atoms with van der Waals surface area (Å²) in [5, 5.41) is 39.6. The molecule has 374 valence electrons. The summed E-state index contributed by atoms with van der Waals surface area (Å²) in [5.41, 5.74) is 13.9. The third-order valence-electron chi connectivity index (χ3n) is 11.9. The van der Waals surface area contributed by atoms with E-state index in [4.69, 9.17) is 19.9 Å². The molecular formula is C50H58I2N12O7. The molecule has 1 amide bonds. The lowest BCUT2D eigenvalue weighted by Gasteiger charge is -2.30. The molecule has 0 aliphatic carbocycles. The first-order valence-electron chi connectivity index (χ1n) is 23.5. The zero-order valence-corrected chi connectivity index (χ0v) is 43.9. The minimum atomic E-state index is -1.06. The molecule has 10 rings (SSSR count). The number of aromatic carboxylic acids is 1. The Morgan fingerprint density at radius 3 is 1.61 bits per heavy atom. The summed E-state index contributed by atoms with van der Waals surface area (Å²) >= 11 is 4.24. The van der Waals surface area contributed by atoms with Gasteiger partial charge in [0, 0.05) is 138 Å². The van der Waals surface area contributed by atoms with Crippen LogP contribution in [-0.4, -0.2) is 128 Å². The number of hydrogen-bond acceptors (Lipinski definition) is 15. The number of amides is 1. The van der Waals surface area contributed by atoms with Gasteiger partial charge in [0.2, 0.25) is 23.4 Å². The Labute approximate surface area is 434 Å². The Balaban J connectivity index is 0.000000169. The molecule has 19 nitrogen and oxygen atoms in total. The minimum Gasteiger partial charge on any atom is -0.476 e. The number of aryl methyl sites for hydroxylation is 2. The molecule has 2 aliphatic rings. The third-order valence-corrected chi connectivity index (χ3v) is 11.9. The number of fused-ring (bicyclic) bond motifs is 4. The fourth-order valence-electron chi connectivity index (χ4n) is 8.29. The molecule has 8 heterocycles. The van der Waals surface area contributed by atoms with Crippen LogP contribution in [0.25, 0.3) is 34.1 Å². The van der Waals surface area contributed by atoms with Crippen molar-refractivity contribution in [3.05, 3.63) is 143 Å². The maximum absolute atomic E-state index is 12.7. The fourth-order valence-corrected chi connectivity index (χ4v) is 8.29. The molecule has 0 saturated carbocycles. The molecule has 2 aliphatic heterocycles. The summed E-state index contributed by atoms with van der Waals surface area (Å²) in [6.45, 7) is 9.47. The molecule has 0 fully saturated rings. The number of rotatable bonds is 15. The van der Waals surface area contributed by atoms with Gasteiger partial charge in [-0.2, -0.15) is 9.97 Å². The highest BCUT2D eigenvalue weighted by atomic mass is 128. The predicted molar refractivity (Wildman–Crippen MR) is 284 cm³/mol. The standard InChI is InChI=1S/C25H28N6O3.C13H12N4O3.C12H18N2O.I2/c1-2-5-23-28-24(29-34-23)19-8-9-22-27-21(16-31(22)14-19)25(33)26-12-20(32)15-30-11-10-17-6-3-4-7-18(17)13-30;1-2-3-11-15-12(16-20-11)8-4-5-10-14-9(13(18)19)7-17(10)6-8;13-7-12(15)9-14-6-5-10-3-1-2-4-11(10)8-14;1-2/h3-4,6-9,14,16,20,32H,2,5,10-13,15H2,1H3,(H,26,33);4-7H,2-3H2,1H3,(H,18,19);1-4,12,15H,5-9,13H2;/t20-;;12-;/m0.0./s1. The lowest BCUT2D eigenvalue weighted by Crippen LogP contribution is -2.42. The highest BCUT2D eigenvalue weighted by Crippen LogP contribution is 2.22. The summed E-state index contributed by atoms with van der Waals surface area (Å²) in [7, 11) is 0. The van der Waals surface area contributed by atoms with E-state index in [1.807, 2.05) is 31.3 Å². The number of nitrogens with two attached hydrogens (primary N) is 1. The van der Waals surface area contributed by atoms with Crippen molar-refractivity contribution in [2.45, 2.75) is 77.7 Å². The normalized spacial score (nSPS) is 14.2. The van der Waals surface area contributed by atoms with Crippen LogP contribution in [0.3, 0.4) is 0 Å². The molecular weight excluding hydrogens is 1130 g/mol. The van der Waals surface area contributed by atoms with Gasteiger partial charge >= 0.3 is 5.97 Å². The van der Waals surface area contributed by atoms with Gasteiger partial charge in [0.15, 0.2) is 5.69 Å². The van der Waals surface area contributed by atoms with E-state index in [9.17, 15) is 19.8 Å². The summed E-state index contributed by atoms with van der Waals surface area (Å²) in [5.74, 6) is 0.822. The largest absolute Gasteiger partial charge is 0.476 e. The second kappa shape index (κ2) is 26.1. The van der Waals surface area contributed by atoms with Crippen LogP contribution < -0.4 is 11.1 Å². The number of nitrogens with one attached hydrogen (secondary N) is 1. The van der Waals surface area contributed by atoms with Crippen molar-refractivity contribution >= 4 is 60.4 Å². The fraction of sp³-hybridized carbons (Fsp3) is 0.360. The van der Waals surface area contributed by atoms with Crippen molar-refractivity contribution in [2.75, 3.05) is 39.3 Å². The van der Waals surface area contributed by atoms with E-state index in [2.05, 4.69) is 132 Å². The topological polar surface area (TPSA) is 252 Å². The van der Waals surface area contributed by atoms with E-state index < -0.39 is 18.2 Å². The number of carbonyl (C=O) groups is 2. The molecule has 0 radical (unpaired) electrons. The molecule has 6 N–H and O–H groups in total. The maximum Gasteiger partial charge on any atom is 0.356 e. The highest BCUT2D eigenvalue weighted by Gasteiger charge is 2.21. The van der Waals surface area contributed by atoms with E-state index in [0.29, 0.717) is 54.4 Å². The SMILES string of the molecule is CCCc1nc(-c2ccc3nc(C(=O)NC[C@H](O)CN4CCc5ccccc5C4)cn3c2)no1.CCCc1nc(-c2ccc3nc(C(=O)O)cn3c2)no1.II.NC[C@H](O)CN1CCc2ccccc2C1. The number of carboxylic acid groups (broad SMARTS) is 1. The average Bonchev–Trinajstić information content (AvgIpc) is 4.24. The number of hydrogen-bond donors (Lipinski definition) is 5. The van der Waals surface area contributed by atoms with Gasteiger partial charge in [-0.1, -0.05) is 72.7 Å². The number of β-amino-alcohol motifs (C(OH)–C–C–N with tert-alkyl or cyclic N) is 2. The molecule has 0 bridgehead atoms. The second-order valence-electron chi connectivity index (χ2n) is 17.2. The average molecular weight is 1190 g/mol. The van der Waals surface area contributed by atoms with Crippen LogP contribution in [0.1, 0.15) is 81.7 Å². The molecule has 21 heteroatoms. The molecule has 0 unspecified atom stereocenters. The number of carboxylic acids is 1. The van der Waals surface area contributed by atoms with E-state index in [0.717, 1.165) is 75.8 Å². The molecule has 0 spiro atoms. The van der Waals surface area contributed by atoms with Crippen molar-refractivity contribution in [1.29, 1.82) is 0 Å². The Kier molecular flexibility index (Phi) is 19.5. The summed E-state index contributed by atoms with van der Waals surface area (Å²) in [6, 6.07) is 24.1. The molecule has 71 heavy (non-hydrogen) atoms. The van der Waals surface area contributed by atoms with Crippen molar-refractivity contribution in [3.8, 4) is 22.8 Å². The molecule has 6 aromatic heterocycles. The van der Waals surface area contributed by atoms with Gasteiger partial charge in [0.05, 0.1) is 12.2 Å². The van der Waals surface area contributed by atoms with E-state index >= 15 is 0 Å². The van der Waals surface area contributed by atoms with Crippen LogP contribution in [0.15, 0.2) is 107 Å². The maximum atomic E-state index is 12.7. The number of aromatic nitrogens is 8. The first-order chi connectivity index (χ1) is 34.5. The zero-order valence-electron chi connectivity index (χ0n) is 39.6. The Hall–Kier alpha value is -5.70. The Bertz CT molecular complexity index is 2990. The third kappa shape index (κ3) is 14.5. The van der Waals surface area contributed by atoms with Gasteiger partial charge < -0.3 is 44.2 Å². The van der Waals surface area contributed by atoms with Crippen LogP contribution in [0.2, 0.25) is 0 Å². The number of aliphatic hydroxyl groups excluding tert-OH is 2.